The minimum absolute atomic E-state index is 0.517. The second kappa shape index (κ2) is 6.09. The van der Waals surface area contributed by atoms with Gasteiger partial charge in [-0.05, 0) is 17.7 Å². The lowest BCUT2D eigenvalue weighted by Crippen LogP contribution is -2.21. The molecule has 1 rings (SSSR count). The fraction of sp³-hybridized carbons (Fsp3) is 0.333. The molecule has 0 amide bonds. The minimum atomic E-state index is 0.517. The van der Waals surface area contributed by atoms with E-state index in [1.165, 1.54) is 11.8 Å². The van der Waals surface area contributed by atoms with Gasteiger partial charge < -0.3 is 16.4 Å². The standard InChI is InChI=1S/C12H19N3/c1-10(2)15-9-11-3-5-12(6-4-11)14-8-7-13/h3-8,10,14-15H,9,13H2,1-2H3/b8-7-. The van der Waals surface area contributed by atoms with E-state index in [-0.39, 0.29) is 0 Å². The summed E-state index contributed by atoms with van der Waals surface area (Å²) < 4.78 is 0. The van der Waals surface area contributed by atoms with E-state index in [9.17, 15) is 0 Å². The molecule has 0 aliphatic heterocycles. The summed E-state index contributed by atoms with van der Waals surface area (Å²) in [6.07, 6.45) is 3.19. The molecule has 4 N–H and O–H groups in total. The molecule has 82 valence electrons. The van der Waals surface area contributed by atoms with Gasteiger partial charge in [-0.2, -0.15) is 0 Å². The van der Waals surface area contributed by atoms with Crippen LogP contribution in [-0.2, 0) is 6.54 Å². The van der Waals surface area contributed by atoms with Crippen LogP contribution in [0.15, 0.2) is 36.7 Å². The first-order valence-electron chi connectivity index (χ1n) is 5.18. The highest BCUT2D eigenvalue weighted by Crippen LogP contribution is 2.09. The van der Waals surface area contributed by atoms with Gasteiger partial charge >= 0.3 is 0 Å². The topological polar surface area (TPSA) is 50.1 Å². The van der Waals surface area contributed by atoms with E-state index in [4.69, 9.17) is 5.73 Å². The van der Waals surface area contributed by atoms with E-state index in [2.05, 4.69) is 36.6 Å². The molecule has 0 unspecified atom stereocenters. The zero-order chi connectivity index (χ0) is 11.1. The molecule has 0 bridgehead atoms. The zero-order valence-electron chi connectivity index (χ0n) is 9.33. The van der Waals surface area contributed by atoms with Crippen LogP contribution in [0.5, 0.6) is 0 Å². The Kier molecular flexibility index (Phi) is 4.71. The molecule has 1 aromatic carbocycles. The average molecular weight is 205 g/mol. The SMILES string of the molecule is CC(C)NCc1ccc(N/C=C\N)cc1. The van der Waals surface area contributed by atoms with Crippen molar-refractivity contribution < 1.29 is 0 Å². The Morgan fingerprint density at radius 2 is 1.93 bits per heavy atom. The molecule has 0 radical (unpaired) electrons. The summed E-state index contributed by atoms with van der Waals surface area (Å²) in [5, 5.41) is 6.43. The highest BCUT2D eigenvalue weighted by Gasteiger charge is 1.95. The van der Waals surface area contributed by atoms with E-state index >= 15 is 0 Å². The van der Waals surface area contributed by atoms with Crippen LogP contribution in [0.4, 0.5) is 5.69 Å². The van der Waals surface area contributed by atoms with Gasteiger partial charge in [-0.25, -0.2) is 0 Å². The molecule has 0 aliphatic rings. The number of nitrogens with two attached hydrogens (primary N) is 1. The van der Waals surface area contributed by atoms with Crippen LogP contribution in [0.3, 0.4) is 0 Å². The third-order valence-corrected chi connectivity index (χ3v) is 2.01. The highest BCUT2D eigenvalue weighted by atomic mass is 14.9. The van der Waals surface area contributed by atoms with E-state index in [0.29, 0.717) is 6.04 Å². The van der Waals surface area contributed by atoms with Gasteiger partial charge in [-0.3, -0.25) is 0 Å². The molecule has 0 saturated heterocycles. The molecule has 0 saturated carbocycles. The Morgan fingerprint density at radius 3 is 2.47 bits per heavy atom. The molecular formula is C12H19N3. The normalized spacial score (nSPS) is 11.1. The number of hydrogen-bond donors (Lipinski definition) is 3. The minimum Gasteiger partial charge on any atom is -0.403 e. The highest BCUT2D eigenvalue weighted by molar-refractivity contribution is 5.46. The van der Waals surface area contributed by atoms with Crippen LogP contribution in [0.25, 0.3) is 0 Å². The van der Waals surface area contributed by atoms with Crippen LogP contribution < -0.4 is 16.4 Å². The van der Waals surface area contributed by atoms with Gasteiger partial charge in [-0.15, -0.1) is 0 Å². The van der Waals surface area contributed by atoms with Crippen molar-refractivity contribution >= 4 is 5.69 Å². The second-order valence-corrected chi connectivity index (χ2v) is 3.74. The van der Waals surface area contributed by atoms with E-state index < -0.39 is 0 Å². The maximum atomic E-state index is 5.23. The van der Waals surface area contributed by atoms with Crippen molar-refractivity contribution in [2.75, 3.05) is 5.32 Å². The molecular weight excluding hydrogens is 186 g/mol. The van der Waals surface area contributed by atoms with Crippen LogP contribution in [0.1, 0.15) is 19.4 Å². The summed E-state index contributed by atoms with van der Waals surface area (Å²) in [5.74, 6) is 0. The number of nitrogens with one attached hydrogen (secondary N) is 2. The van der Waals surface area contributed by atoms with E-state index in [1.807, 2.05) is 12.1 Å². The lowest BCUT2D eigenvalue weighted by atomic mass is 10.2. The first-order chi connectivity index (χ1) is 7.22. The van der Waals surface area contributed by atoms with Crippen molar-refractivity contribution in [2.45, 2.75) is 26.4 Å². The van der Waals surface area contributed by atoms with E-state index in [1.54, 1.807) is 6.20 Å². The number of anilines is 1. The lowest BCUT2D eigenvalue weighted by molar-refractivity contribution is 0.589. The largest absolute Gasteiger partial charge is 0.403 e. The Labute approximate surface area is 91.4 Å². The number of rotatable bonds is 5. The van der Waals surface area contributed by atoms with Crippen LogP contribution in [-0.4, -0.2) is 6.04 Å². The van der Waals surface area contributed by atoms with Crippen molar-refractivity contribution in [1.29, 1.82) is 0 Å². The lowest BCUT2D eigenvalue weighted by Gasteiger charge is -2.08. The van der Waals surface area contributed by atoms with Crippen molar-refractivity contribution in [2.24, 2.45) is 5.73 Å². The maximum absolute atomic E-state index is 5.23. The van der Waals surface area contributed by atoms with Crippen LogP contribution in [0.2, 0.25) is 0 Å². The van der Waals surface area contributed by atoms with Gasteiger partial charge in [0.2, 0.25) is 0 Å². The van der Waals surface area contributed by atoms with Crippen LogP contribution >= 0.6 is 0 Å². The van der Waals surface area contributed by atoms with Crippen molar-refractivity contribution in [1.82, 2.24) is 5.32 Å². The molecule has 3 nitrogen and oxygen atoms in total. The summed E-state index contributed by atoms with van der Waals surface area (Å²) in [6.45, 7) is 5.19. The predicted octanol–water partition coefficient (Wildman–Crippen LogP) is 2.03. The molecule has 0 aliphatic carbocycles. The number of benzene rings is 1. The quantitative estimate of drug-likeness (QED) is 0.689. The fourth-order valence-electron chi connectivity index (χ4n) is 1.19. The van der Waals surface area contributed by atoms with Crippen molar-refractivity contribution in [3.8, 4) is 0 Å². The Hall–Kier alpha value is -1.48. The summed E-state index contributed by atoms with van der Waals surface area (Å²) in [4.78, 5) is 0. The van der Waals surface area contributed by atoms with Crippen molar-refractivity contribution in [3.63, 3.8) is 0 Å². The van der Waals surface area contributed by atoms with Gasteiger partial charge in [-0.1, -0.05) is 26.0 Å². The van der Waals surface area contributed by atoms with Gasteiger partial charge in [0, 0.05) is 30.7 Å². The van der Waals surface area contributed by atoms with E-state index in [0.717, 1.165) is 12.2 Å². The summed E-state index contributed by atoms with van der Waals surface area (Å²) in [7, 11) is 0. The van der Waals surface area contributed by atoms with Gasteiger partial charge in [0.05, 0.1) is 0 Å². The van der Waals surface area contributed by atoms with Gasteiger partial charge in [0.15, 0.2) is 0 Å². The Morgan fingerprint density at radius 1 is 1.27 bits per heavy atom. The third kappa shape index (κ3) is 4.51. The number of hydrogen-bond acceptors (Lipinski definition) is 3. The Bertz CT molecular complexity index is 301. The molecule has 15 heavy (non-hydrogen) atoms. The third-order valence-electron chi connectivity index (χ3n) is 2.01. The molecule has 1 aromatic rings. The summed E-state index contributed by atoms with van der Waals surface area (Å²) in [6, 6.07) is 8.79. The zero-order valence-corrected chi connectivity index (χ0v) is 9.33. The van der Waals surface area contributed by atoms with Gasteiger partial charge in [0.1, 0.15) is 0 Å². The summed E-state index contributed by atoms with van der Waals surface area (Å²) in [5.41, 5.74) is 7.56. The second-order valence-electron chi connectivity index (χ2n) is 3.74. The average Bonchev–Trinajstić information content (AvgIpc) is 2.25. The first kappa shape index (κ1) is 11.6. The van der Waals surface area contributed by atoms with Gasteiger partial charge in [0.25, 0.3) is 0 Å². The first-order valence-corrected chi connectivity index (χ1v) is 5.18. The monoisotopic (exact) mass is 205 g/mol. The molecule has 0 heterocycles. The maximum Gasteiger partial charge on any atom is 0.0380 e. The smallest absolute Gasteiger partial charge is 0.0380 e. The van der Waals surface area contributed by atoms with Crippen molar-refractivity contribution in [3.05, 3.63) is 42.2 Å². The Balaban J connectivity index is 2.48. The molecule has 0 atom stereocenters. The molecule has 3 heteroatoms. The molecule has 0 fully saturated rings. The molecule has 0 spiro atoms. The van der Waals surface area contributed by atoms with Crippen LogP contribution in [0, 0.1) is 0 Å². The fourth-order valence-corrected chi connectivity index (χ4v) is 1.19. The predicted molar refractivity (Wildman–Crippen MR) is 65.4 cm³/mol. The summed E-state index contributed by atoms with van der Waals surface area (Å²) >= 11 is 0. The molecule has 0 aromatic heterocycles.